The molecule has 0 spiro atoms. The summed E-state index contributed by atoms with van der Waals surface area (Å²) in [5.41, 5.74) is 2.66. The van der Waals surface area contributed by atoms with Gasteiger partial charge in [-0.1, -0.05) is 30.3 Å². The van der Waals surface area contributed by atoms with E-state index in [-0.39, 0.29) is 24.5 Å². The van der Waals surface area contributed by atoms with Crippen LogP contribution in [0.3, 0.4) is 0 Å². The Bertz CT molecular complexity index is 770. The number of hydrogen-bond acceptors (Lipinski definition) is 4. The first-order valence-electron chi connectivity index (χ1n) is 8.61. The summed E-state index contributed by atoms with van der Waals surface area (Å²) >= 11 is 0. The standard InChI is InChI=1S/C21H25NO4/c1-15-6-4-5-7-17(15)18(23)9-11-21(24)22-13-12-16-8-10-19(25-2)20(14-16)26-3/h4-8,10,14H,9,11-13H2,1-3H3,(H,22,24). The lowest BCUT2D eigenvalue weighted by atomic mass is 10.0. The second kappa shape index (κ2) is 9.61. The van der Waals surface area contributed by atoms with Crippen molar-refractivity contribution in [3.8, 4) is 11.5 Å². The van der Waals surface area contributed by atoms with Gasteiger partial charge in [-0.2, -0.15) is 0 Å². The SMILES string of the molecule is COc1ccc(CCNC(=O)CCC(=O)c2ccccc2C)cc1OC. The summed E-state index contributed by atoms with van der Waals surface area (Å²) < 4.78 is 10.5. The number of carbonyl (C=O) groups excluding carboxylic acids is 2. The zero-order valence-corrected chi connectivity index (χ0v) is 15.5. The Morgan fingerprint density at radius 3 is 2.38 bits per heavy atom. The first-order valence-corrected chi connectivity index (χ1v) is 8.61. The summed E-state index contributed by atoms with van der Waals surface area (Å²) in [4.78, 5) is 24.2. The Labute approximate surface area is 154 Å². The van der Waals surface area contributed by atoms with Crippen molar-refractivity contribution in [2.75, 3.05) is 20.8 Å². The number of nitrogens with one attached hydrogen (secondary N) is 1. The van der Waals surface area contributed by atoms with E-state index in [9.17, 15) is 9.59 Å². The highest BCUT2D eigenvalue weighted by molar-refractivity contribution is 5.99. The molecule has 0 saturated carbocycles. The average Bonchev–Trinajstić information content (AvgIpc) is 2.66. The van der Waals surface area contributed by atoms with E-state index in [4.69, 9.17) is 9.47 Å². The van der Waals surface area contributed by atoms with Crippen LogP contribution in [0.4, 0.5) is 0 Å². The maximum atomic E-state index is 12.2. The van der Waals surface area contributed by atoms with E-state index in [1.54, 1.807) is 20.3 Å². The third-order valence-corrected chi connectivity index (χ3v) is 4.21. The maximum absolute atomic E-state index is 12.2. The third-order valence-electron chi connectivity index (χ3n) is 4.21. The fraction of sp³-hybridized carbons (Fsp3) is 0.333. The zero-order chi connectivity index (χ0) is 18.9. The van der Waals surface area contributed by atoms with Crippen LogP contribution >= 0.6 is 0 Å². The number of carbonyl (C=O) groups is 2. The van der Waals surface area contributed by atoms with E-state index in [0.29, 0.717) is 30.0 Å². The number of hydrogen-bond donors (Lipinski definition) is 1. The Kier molecular flexibility index (Phi) is 7.21. The van der Waals surface area contributed by atoms with Crippen molar-refractivity contribution in [2.45, 2.75) is 26.2 Å². The van der Waals surface area contributed by atoms with Gasteiger partial charge in [-0.3, -0.25) is 9.59 Å². The molecular formula is C21H25NO4. The Morgan fingerprint density at radius 1 is 0.962 bits per heavy atom. The van der Waals surface area contributed by atoms with Crippen LogP contribution in [0.15, 0.2) is 42.5 Å². The van der Waals surface area contributed by atoms with Crippen LogP contribution in [-0.2, 0) is 11.2 Å². The molecule has 0 aliphatic rings. The summed E-state index contributed by atoms with van der Waals surface area (Å²) in [7, 11) is 3.19. The Hall–Kier alpha value is -2.82. The predicted octanol–water partition coefficient (Wildman–Crippen LogP) is 3.33. The summed E-state index contributed by atoms with van der Waals surface area (Å²) in [5, 5.41) is 2.86. The lowest BCUT2D eigenvalue weighted by molar-refractivity contribution is -0.121. The van der Waals surface area contributed by atoms with E-state index >= 15 is 0 Å². The minimum atomic E-state index is -0.118. The molecule has 0 aliphatic heterocycles. The molecule has 2 aromatic carbocycles. The van der Waals surface area contributed by atoms with Gasteiger partial charge in [0.2, 0.25) is 5.91 Å². The van der Waals surface area contributed by atoms with E-state index in [1.165, 1.54) is 0 Å². The first kappa shape index (κ1) is 19.5. The zero-order valence-electron chi connectivity index (χ0n) is 15.5. The number of Topliss-reactive ketones (excluding diaryl/α,β-unsaturated/α-hetero) is 1. The Balaban J connectivity index is 1.77. The molecule has 0 radical (unpaired) electrons. The lowest BCUT2D eigenvalue weighted by Gasteiger charge is -2.10. The largest absolute Gasteiger partial charge is 0.493 e. The fourth-order valence-electron chi connectivity index (χ4n) is 2.72. The molecule has 0 aromatic heterocycles. The monoisotopic (exact) mass is 355 g/mol. The molecule has 2 rings (SSSR count). The van der Waals surface area contributed by atoms with Crippen LogP contribution < -0.4 is 14.8 Å². The van der Waals surface area contributed by atoms with Crippen molar-refractivity contribution < 1.29 is 19.1 Å². The van der Waals surface area contributed by atoms with Crippen molar-refractivity contribution in [1.82, 2.24) is 5.32 Å². The molecule has 0 atom stereocenters. The van der Waals surface area contributed by atoms with Crippen LogP contribution in [0.2, 0.25) is 0 Å². The lowest BCUT2D eigenvalue weighted by Crippen LogP contribution is -2.26. The number of benzene rings is 2. The summed E-state index contributed by atoms with van der Waals surface area (Å²) in [5.74, 6) is 1.22. The molecule has 0 unspecified atom stereocenters. The molecule has 0 heterocycles. The summed E-state index contributed by atoms with van der Waals surface area (Å²) in [6.07, 6.45) is 1.09. The molecule has 138 valence electrons. The van der Waals surface area contributed by atoms with Crippen molar-refractivity contribution in [3.05, 3.63) is 59.2 Å². The normalized spacial score (nSPS) is 10.3. The number of ether oxygens (including phenoxy) is 2. The quantitative estimate of drug-likeness (QED) is 0.701. The van der Waals surface area contributed by atoms with E-state index < -0.39 is 0 Å². The molecule has 2 aromatic rings. The highest BCUT2D eigenvalue weighted by Crippen LogP contribution is 2.27. The van der Waals surface area contributed by atoms with Crippen molar-refractivity contribution >= 4 is 11.7 Å². The van der Waals surface area contributed by atoms with Gasteiger partial charge in [0.1, 0.15) is 0 Å². The minimum Gasteiger partial charge on any atom is -0.493 e. The highest BCUT2D eigenvalue weighted by Gasteiger charge is 2.11. The molecule has 0 fully saturated rings. The number of amides is 1. The topological polar surface area (TPSA) is 64.6 Å². The maximum Gasteiger partial charge on any atom is 0.220 e. The van der Waals surface area contributed by atoms with Crippen molar-refractivity contribution in [2.24, 2.45) is 0 Å². The van der Waals surface area contributed by atoms with Gasteiger partial charge in [0.05, 0.1) is 14.2 Å². The van der Waals surface area contributed by atoms with Crippen LogP contribution in [0.25, 0.3) is 0 Å². The van der Waals surface area contributed by atoms with E-state index in [0.717, 1.165) is 11.1 Å². The molecule has 0 aliphatic carbocycles. The summed E-state index contributed by atoms with van der Waals surface area (Å²) in [6, 6.07) is 13.1. The predicted molar refractivity (Wildman–Crippen MR) is 101 cm³/mol. The number of aryl methyl sites for hydroxylation is 1. The van der Waals surface area contributed by atoms with Gasteiger partial charge in [-0.25, -0.2) is 0 Å². The number of methoxy groups -OCH3 is 2. The van der Waals surface area contributed by atoms with E-state index in [2.05, 4.69) is 5.32 Å². The first-order chi connectivity index (χ1) is 12.5. The second-order valence-corrected chi connectivity index (χ2v) is 6.03. The molecule has 0 bridgehead atoms. The molecule has 26 heavy (non-hydrogen) atoms. The van der Waals surface area contributed by atoms with Crippen LogP contribution in [0, 0.1) is 6.92 Å². The number of rotatable bonds is 9. The molecule has 5 nitrogen and oxygen atoms in total. The van der Waals surface area contributed by atoms with Gasteiger partial charge in [-0.05, 0) is 36.6 Å². The molecule has 1 N–H and O–H groups in total. The van der Waals surface area contributed by atoms with Gasteiger partial charge in [0, 0.05) is 24.9 Å². The Morgan fingerprint density at radius 2 is 1.69 bits per heavy atom. The summed E-state index contributed by atoms with van der Waals surface area (Å²) in [6.45, 7) is 2.41. The van der Waals surface area contributed by atoms with Gasteiger partial charge in [0.25, 0.3) is 0 Å². The van der Waals surface area contributed by atoms with Crippen LogP contribution in [-0.4, -0.2) is 32.5 Å². The van der Waals surface area contributed by atoms with Gasteiger partial charge in [-0.15, -0.1) is 0 Å². The van der Waals surface area contributed by atoms with Crippen LogP contribution in [0.1, 0.15) is 34.3 Å². The third kappa shape index (κ3) is 5.34. The number of ketones is 1. The van der Waals surface area contributed by atoms with E-state index in [1.807, 2.05) is 43.3 Å². The van der Waals surface area contributed by atoms with Gasteiger partial charge < -0.3 is 14.8 Å². The minimum absolute atomic E-state index is 0.00172. The van der Waals surface area contributed by atoms with Crippen molar-refractivity contribution in [3.63, 3.8) is 0 Å². The van der Waals surface area contributed by atoms with Gasteiger partial charge >= 0.3 is 0 Å². The second-order valence-electron chi connectivity index (χ2n) is 6.03. The van der Waals surface area contributed by atoms with Gasteiger partial charge in [0.15, 0.2) is 17.3 Å². The van der Waals surface area contributed by atoms with Crippen LogP contribution in [0.5, 0.6) is 11.5 Å². The smallest absolute Gasteiger partial charge is 0.220 e. The fourth-order valence-corrected chi connectivity index (χ4v) is 2.72. The highest BCUT2D eigenvalue weighted by atomic mass is 16.5. The molecule has 0 saturated heterocycles. The molecule has 1 amide bonds. The average molecular weight is 355 g/mol. The molecular weight excluding hydrogens is 330 g/mol. The van der Waals surface area contributed by atoms with Crippen molar-refractivity contribution in [1.29, 1.82) is 0 Å². The molecule has 5 heteroatoms.